The highest BCUT2D eigenvalue weighted by molar-refractivity contribution is 6.11. The average molecular weight is 687 g/mol. The van der Waals surface area contributed by atoms with E-state index in [2.05, 4.69) is 215 Å². The maximum absolute atomic E-state index is 2.41. The molecule has 2 aromatic heterocycles. The van der Waals surface area contributed by atoms with Gasteiger partial charge in [0.15, 0.2) is 0 Å². The number of para-hydroxylation sites is 3. The first-order valence-corrected chi connectivity index (χ1v) is 18.6. The van der Waals surface area contributed by atoms with Crippen LogP contribution in [0.1, 0.15) is 0 Å². The van der Waals surface area contributed by atoms with Crippen LogP contribution in [0.2, 0.25) is 0 Å². The highest BCUT2D eigenvalue weighted by Crippen LogP contribution is 2.38. The van der Waals surface area contributed by atoms with E-state index >= 15 is 0 Å². The number of hydrogen-bond acceptors (Lipinski definition) is 0. The second-order valence-electron chi connectivity index (χ2n) is 14.2. The molecule has 0 saturated carbocycles. The van der Waals surface area contributed by atoms with Gasteiger partial charge in [0.1, 0.15) is 0 Å². The zero-order valence-corrected chi connectivity index (χ0v) is 29.5. The van der Waals surface area contributed by atoms with E-state index in [1.165, 1.54) is 87.8 Å². The highest BCUT2D eigenvalue weighted by atomic mass is 15.0. The first kappa shape index (κ1) is 30.5. The summed E-state index contributed by atoms with van der Waals surface area (Å²) >= 11 is 0. The molecule has 2 nitrogen and oxygen atoms in total. The van der Waals surface area contributed by atoms with Crippen molar-refractivity contribution in [3.8, 4) is 44.8 Å². The molecule has 0 saturated heterocycles. The topological polar surface area (TPSA) is 9.86 Å². The lowest BCUT2D eigenvalue weighted by Gasteiger charge is -2.12. The summed E-state index contributed by atoms with van der Waals surface area (Å²) in [4.78, 5) is 0. The van der Waals surface area contributed by atoms with Crippen molar-refractivity contribution in [3.05, 3.63) is 206 Å². The Balaban J connectivity index is 0.975. The molecule has 0 amide bonds. The summed E-state index contributed by atoms with van der Waals surface area (Å²) in [5.74, 6) is 0. The van der Waals surface area contributed by atoms with Crippen LogP contribution >= 0.6 is 0 Å². The second-order valence-corrected chi connectivity index (χ2v) is 14.2. The summed E-state index contributed by atoms with van der Waals surface area (Å²) in [5.41, 5.74) is 14.4. The maximum atomic E-state index is 2.41. The van der Waals surface area contributed by atoms with Gasteiger partial charge in [0.2, 0.25) is 0 Å². The van der Waals surface area contributed by atoms with E-state index in [4.69, 9.17) is 0 Å². The van der Waals surface area contributed by atoms with E-state index in [9.17, 15) is 0 Å². The van der Waals surface area contributed by atoms with Gasteiger partial charge in [-0.1, -0.05) is 140 Å². The van der Waals surface area contributed by atoms with E-state index in [1.54, 1.807) is 0 Å². The summed E-state index contributed by atoms with van der Waals surface area (Å²) < 4.78 is 4.78. The number of rotatable bonds is 5. The molecule has 11 rings (SSSR count). The molecule has 0 aliphatic carbocycles. The minimum Gasteiger partial charge on any atom is -0.309 e. The molecule has 9 aromatic carbocycles. The van der Waals surface area contributed by atoms with Gasteiger partial charge >= 0.3 is 0 Å². The van der Waals surface area contributed by atoms with Gasteiger partial charge in [0.25, 0.3) is 0 Å². The molecule has 11 aromatic rings. The van der Waals surface area contributed by atoms with Crippen LogP contribution in [0.15, 0.2) is 206 Å². The van der Waals surface area contributed by atoms with E-state index in [-0.39, 0.29) is 0 Å². The molecule has 54 heavy (non-hydrogen) atoms. The highest BCUT2D eigenvalue weighted by Gasteiger charge is 2.15. The number of hydrogen-bond donors (Lipinski definition) is 0. The van der Waals surface area contributed by atoms with Crippen LogP contribution < -0.4 is 0 Å². The van der Waals surface area contributed by atoms with Crippen LogP contribution in [0.4, 0.5) is 0 Å². The molecule has 0 unspecified atom stereocenters. The third-order valence-corrected chi connectivity index (χ3v) is 11.1. The maximum Gasteiger partial charge on any atom is 0.0541 e. The van der Waals surface area contributed by atoms with Crippen molar-refractivity contribution in [2.24, 2.45) is 0 Å². The van der Waals surface area contributed by atoms with Crippen molar-refractivity contribution >= 4 is 54.4 Å². The molecule has 0 N–H and O–H groups in total. The summed E-state index contributed by atoms with van der Waals surface area (Å²) in [7, 11) is 0. The second kappa shape index (κ2) is 12.2. The zero-order chi connectivity index (χ0) is 35.6. The Hall–Kier alpha value is -7.16. The molecule has 0 spiro atoms. The van der Waals surface area contributed by atoms with E-state index in [1.807, 2.05) is 0 Å². The number of benzene rings is 9. The Morgan fingerprint density at radius 3 is 1.37 bits per heavy atom. The third-order valence-electron chi connectivity index (χ3n) is 11.1. The van der Waals surface area contributed by atoms with E-state index in [0.717, 1.165) is 11.4 Å². The lowest BCUT2D eigenvalue weighted by molar-refractivity contribution is 1.18. The molecule has 0 atom stereocenters. The van der Waals surface area contributed by atoms with Gasteiger partial charge < -0.3 is 9.13 Å². The minimum atomic E-state index is 1.15. The predicted molar refractivity (Wildman–Crippen MR) is 229 cm³/mol. The van der Waals surface area contributed by atoms with Crippen LogP contribution in [0.3, 0.4) is 0 Å². The Labute approximate surface area is 313 Å². The molecule has 0 bridgehead atoms. The van der Waals surface area contributed by atoms with E-state index < -0.39 is 0 Å². The van der Waals surface area contributed by atoms with Crippen molar-refractivity contribution in [1.82, 2.24) is 9.13 Å². The van der Waals surface area contributed by atoms with Crippen LogP contribution in [0, 0.1) is 0 Å². The average Bonchev–Trinajstić information content (AvgIpc) is 3.76. The first-order valence-electron chi connectivity index (χ1n) is 18.6. The smallest absolute Gasteiger partial charge is 0.0541 e. The number of fused-ring (bicyclic) bond motifs is 7. The fraction of sp³-hybridized carbons (Fsp3) is 0. The van der Waals surface area contributed by atoms with Gasteiger partial charge in [0, 0.05) is 32.9 Å². The molecule has 2 heteroatoms. The van der Waals surface area contributed by atoms with Crippen LogP contribution in [0.25, 0.3) is 99.1 Å². The number of aromatic nitrogens is 2. The van der Waals surface area contributed by atoms with Gasteiger partial charge in [-0.25, -0.2) is 0 Å². The Morgan fingerprint density at radius 2 is 0.685 bits per heavy atom. The molecule has 252 valence electrons. The van der Waals surface area contributed by atoms with Gasteiger partial charge in [-0.05, 0) is 111 Å². The molecule has 0 fully saturated rings. The summed E-state index contributed by atoms with van der Waals surface area (Å²) in [5, 5.41) is 7.57. The minimum absolute atomic E-state index is 1.15. The lowest BCUT2D eigenvalue weighted by Crippen LogP contribution is -1.95. The summed E-state index contributed by atoms with van der Waals surface area (Å²) in [6.45, 7) is 0. The molecule has 2 heterocycles. The Morgan fingerprint density at radius 1 is 0.222 bits per heavy atom. The molecular formula is C52H34N2. The SMILES string of the molecule is c1cc(-c2ccc3ccccc3c2)cc(-c2ccc3c(c2)c2ccccc2n3-c2cccc(-c3ccc(-n4c5ccccc5c5ccccc54)cc3)c2)c1. The third kappa shape index (κ3) is 4.88. The van der Waals surface area contributed by atoms with Crippen molar-refractivity contribution in [3.63, 3.8) is 0 Å². The quantitative estimate of drug-likeness (QED) is 0.171. The molecule has 0 aliphatic heterocycles. The van der Waals surface area contributed by atoms with Gasteiger partial charge in [-0.3, -0.25) is 0 Å². The van der Waals surface area contributed by atoms with Crippen LogP contribution in [-0.2, 0) is 0 Å². The summed E-state index contributed by atoms with van der Waals surface area (Å²) in [6.07, 6.45) is 0. The van der Waals surface area contributed by atoms with Crippen molar-refractivity contribution in [1.29, 1.82) is 0 Å². The normalized spacial score (nSPS) is 11.7. The molecule has 0 aliphatic rings. The fourth-order valence-corrected chi connectivity index (χ4v) is 8.51. The monoisotopic (exact) mass is 686 g/mol. The standard InChI is InChI=1S/C52H34N2/c1-2-12-37-31-41(24-23-35(37)11-1)38-13-9-14-39(32-38)42-27-30-52-48(34-42)47-19-5-8-22-51(47)54(52)44-16-10-15-40(33-44)36-25-28-43(29-26-36)53-49-20-6-3-17-45(49)46-18-4-7-21-50(46)53/h1-34H. The fourth-order valence-electron chi connectivity index (χ4n) is 8.51. The molecule has 0 radical (unpaired) electrons. The first-order chi connectivity index (χ1) is 26.8. The van der Waals surface area contributed by atoms with Crippen molar-refractivity contribution in [2.45, 2.75) is 0 Å². The van der Waals surface area contributed by atoms with E-state index in [0.29, 0.717) is 0 Å². The van der Waals surface area contributed by atoms with Crippen LogP contribution in [-0.4, -0.2) is 9.13 Å². The number of nitrogens with zero attached hydrogens (tertiary/aromatic N) is 2. The predicted octanol–water partition coefficient (Wildman–Crippen LogP) is 14.0. The molecular weight excluding hydrogens is 653 g/mol. The van der Waals surface area contributed by atoms with Crippen LogP contribution in [0.5, 0.6) is 0 Å². The lowest BCUT2D eigenvalue weighted by atomic mass is 9.96. The largest absolute Gasteiger partial charge is 0.309 e. The Kier molecular flexibility index (Phi) is 6.90. The zero-order valence-electron chi connectivity index (χ0n) is 29.5. The van der Waals surface area contributed by atoms with Gasteiger partial charge in [-0.15, -0.1) is 0 Å². The Bertz CT molecular complexity index is 3160. The van der Waals surface area contributed by atoms with Gasteiger partial charge in [0.05, 0.1) is 22.1 Å². The van der Waals surface area contributed by atoms with Crippen molar-refractivity contribution in [2.75, 3.05) is 0 Å². The summed E-state index contributed by atoms with van der Waals surface area (Å²) in [6, 6.07) is 75.2. The van der Waals surface area contributed by atoms with Gasteiger partial charge in [-0.2, -0.15) is 0 Å². The van der Waals surface area contributed by atoms with Crippen molar-refractivity contribution < 1.29 is 0 Å².